The van der Waals surface area contributed by atoms with E-state index in [4.69, 9.17) is 16.7 Å². The van der Waals surface area contributed by atoms with Gasteiger partial charge >= 0.3 is 5.97 Å². The zero-order valence-corrected chi connectivity index (χ0v) is 12.2. The molecule has 0 saturated carbocycles. The van der Waals surface area contributed by atoms with Crippen molar-refractivity contribution in [1.29, 1.82) is 0 Å². The van der Waals surface area contributed by atoms with Crippen LogP contribution in [-0.2, 0) is 14.4 Å². The first-order valence-corrected chi connectivity index (χ1v) is 6.96. The second-order valence-corrected chi connectivity index (χ2v) is 5.32. The first kappa shape index (κ1) is 16.2. The molecule has 6 nitrogen and oxygen atoms in total. The van der Waals surface area contributed by atoms with Crippen molar-refractivity contribution in [2.45, 2.75) is 12.5 Å². The van der Waals surface area contributed by atoms with E-state index < -0.39 is 30.5 Å². The third-order valence-electron chi connectivity index (χ3n) is 3.41. The zero-order valence-electron chi connectivity index (χ0n) is 11.5. The quantitative estimate of drug-likeness (QED) is 0.851. The van der Waals surface area contributed by atoms with Crippen LogP contribution in [0.5, 0.6) is 0 Å². The van der Waals surface area contributed by atoms with E-state index in [-0.39, 0.29) is 18.9 Å². The minimum atomic E-state index is -1.60. The molecule has 1 saturated heterocycles. The lowest BCUT2D eigenvalue weighted by Gasteiger charge is -2.18. The van der Waals surface area contributed by atoms with Crippen molar-refractivity contribution in [3.63, 3.8) is 0 Å². The van der Waals surface area contributed by atoms with Gasteiger partial charge in [-0.1, -0.05) is 23.7 Å². The van der Waals surface area contributed by atoms with E-state index in [0.717, 1.165) is 0 Å². The highest BCUT2D eigenvalue weighted by molar-refractivity contribution is 6.33. The Morgan fingerprint density at radius 2 is 2.14 bits per heavy atom. The smallest absolute Gasteiger partial charge is 0.328 e. The summed E-state index contributed by atoms with van der Waals surface area (Å²) in [5, 5.41) is 11.2. The molecule has 1 aromatic carbocycles. The lowest BCUT2D eigenvalue weighted by Crippen LogP contribution is -2.45. The summed E-state index contributed by atoms with van der Waals surface area (Å²) < 4.78 is 12.5. The molecular weight excluding hydrogens is 315 g/mol. The van der Waals surface area contributed by atoms with E-state index in [1.807, 2.05) is 0 Å². The van der Waals surface area contributed by atoms with Gasteiger partial charge in [-0.15, -0.1) is 0 Å². The first-order chi connectivity index (χ1) is 10.4. The topological polar surface area (TPSA) is 86.7 Å². The van der Waals surface area contributed by atoms with Gasteiger partial charge in [0.2, 0.25) is 11.8 Å². The maximum absolute atomic E-state index is 12.5. The van der Waals surface area contributed by atoms with Gasteiger partial charge in [-0.3, -0.25) is 9.59 Å². The van der Waals surface area contributed by atoms with Crippen LogP contribution in [0.1, 0.15) is 6.42 Å². The summed E-state index contributed by atoms with van der Waals surface area (Å²) in [6.45, 7) is -1.14. The Morgan fingerprint density at radius 3 is 2.73 bits per heavy atom. The van der Waals surface area contributed by atoms with Gasteiger partial charge in [0, 0.05) is 13.0 Å². The molecule has 1 aliphatic heterocycles. The molecule has 1 heterocycles. The van der Waals surface area contributed by atoms with Crippen molar-refractivity contribution in [2.75, 3.05) is 18.1 Å². The number of carbonyl (C=O) groups is 3. The van der Waals surface area contributed by atoms with Crippen LogP contribution in [0.2, 0.25) is 5.02 Å². The number of alkyl halides is 1. The van der Waals surface area contributed by atoms with Crippen LogP contribution in [0, 0.1) is 5.92 Å². The lowest BCUT2D eigenvalue weighted by molar-refractivity contribution is -0.142. The molecule has 2 unspecified atom stereocenters. The second kappa shape index (κ2) is 6.74. The molecule has 118 valence electrons. The minimum Gasteiger partial charge on any atom is -0.480 e. The maximum atomic E-state index is 12.5. The van der Waals surface area contributed by atoms with Gasteiger partial charge in [0.25, 0.3) is 0 Å². The number of carbonyl (C=O) groups excluding carboxylic acids is 2. The number of nitrogens with zero attached hydrogens (tertiary/aromatic N) is 1. The summed E-state index contributed by atoms with van der Waals surface area (Å²) in [4.78, 5) is 36.1. The highest BCUT2D eigenvalue weighted by Crippen LogP contribution is 2.31. The number of halogens is 2. The Morgan fingerprint density at radius 1 is 1.45 bits per heavy atom. The number of carboxylic acid groups (broad SMARTS) is 1. The molecule has 1 aliphatic rings. The number of hydrogen-bond acceptors (Lipinski definition) is 3. The zero-order chi connectivity index (χ0) is 16.3. The largest absolute Gasteiger partial charge is 0.480 e. The molecule has 0 bridgehead atoms. The van der Waals surface area contributed by atoms with Gasteiger partial charge < -0.3 is 15.3 Å². The van der Waals surface area contributed by atoms with Crippen molar-refractivity contribution in [2.24, 2.45) is 5.92 Å². The van der Waals surface area contributed by atoms with E-state index >= 15 is 0 Å². The van der Waals surface area contributed by atoms with E-state index in [1.54, 1.807) is 24.3 Å². The van der Waals surface area contributed by atoms with Crippen molar-refractivity contribution in [3.8, 4) is 0 Å². The van der Waals surface area contributed by atoms with Crippen molar-refractivity contribution in [3.05, 3.63) is 29.3 Å². The van der Waals surface area contributed by atoms with Gasteiger partial charge in [-0.25, -0.2) is 9.18 Å². The molecule has 2 amide bonds. The van der Waals surface area contributed by atoms with Crippen LogP contribution in [0.25, 0.3) is 0 Å². The number of amides is 2. The van der Waals surface area contributed by atoms with Gasteiger partial charge in [-0.05, 0) is 12.1 Å². The molecule has 0 radical (unpaired) electrons. The predicted octanol–water partition coefficient (Wildman–Crippen LogP) is 1.23. The second-order valence-electron chi connectivity index (χ2n) is 4.91. The highest BCUT2D eigenvalue weighted by atomic mass is 35.5. The van der Waals surface area contributed by atoms with Crippen molar-refractivity contribution < 1.29 is 23.9 Å². The fourth-order valence-electron chi connectivity index (χ4n) is 2.24. The average molecular weight is 329 g/mol. The number of aliphatic carboxylic acids is 1. The summed E-state index contributed by atoms with van der Waals surface area (Å²) in [6.07, 6.45) is -0.0737. The van der Waals surface area contributed by atoms with Crippen LogP contribution in [0.3, 0.4) is 0 Å². The monoisotopic (exact) mass is 328 g/mol. The normalized spacial score (nSPS) is 19.1. The van der Waals surface area contributed by atoms with Crippen LogP contribution >= 0.6 is 11.6 Å². The van der Waals surface area contributed by atoms with Crippen molar-refractivity contribution >= 4 is 35.1 Å². The van der Waals surface area contributed by atoms with Gasteiger partial charge in [0.1, 0.15) is 6.67 Å². The molecular formula is C14H14ClFN2O4. The Labute approximate surface area is 130 Å². The fraction of sp³-hybridized carbons (Fsp3) is 0.357. The molecule has 0 aliphatic carbocycles. The molecule has 2 atom stereocenters. The SMILES string of the molecule is O=C(NC(CF)C(=O)O)C1CC(=O)N(c2ccccc2Cl)C1. The Bertz CT molecular complexity index is 610. The number of benzene rings is 1. The average Bonchev–Trinajstić information content (AvgIpc) is 2.86. The van der Waals surface area contributed by atoms with Crippen LogP contribution < -0.4 is 10.2 Å². The maximum Gasteiger partial charge on any atom is 0.328 e. The predicted molar refractivity (Wildman–Crippen MR) is 77.5 cm³/mol. The molecule has 0 aromatic heterocycles. The van der Waals surface area contributed by atoms with Crippen molar-refractivity contribution in [1.82, 2.24) is 5.32 Å². The van der Waals surface area contributed by atoms with Crippen LogP contribution in [0.15, 0.2) is 24.3 Å². The number of nitrogens with one attached hydrogen (secondary N) is 1. The number of para-hydroxylation sites is 1. The number of hydrogen-bond donors (Lipinski definition) is 2. The Hall–Kier alpha value is -2.15. The summed E-state index contributed by atoms with van der Waals surface area (Å²) >= 11 is 6.02. The van der Waals surface area contributed by atoms with Crippen LogP contribution in [0.4, 0.5) is 10.1 Å². The molecule has 2 N–H and O–H groups in total. The van der Waals surface area contributed by atoms with E-state index in [9.17, 15) is 18.8 Å². The number of rotatable bonds is 5. The van der Waals surface area contributed by atoms with Gasteiger partial charge in [0.15, 0.2) is 6.04 Å². The lowest BCUT2D eigenvalue weighted by atomic mass is 10.1. The third-order valence-corrected chi connectivity index (χ3v) is 3.73. The Balaban J connectivity index is 2.08. The fourth-order valence-corrected chi connectivity index (χ4v) is 2.48. The summed E-state index contributed by atoms with van der Waals surface area (Å²) in [5.41, 5.74) is 0.491. The molecule has 22 heavy (non-hydrogen) atoms. The standard InChI is InChI=1S/C14H14ClFN2O4/c15-9-3-1-2-4-11(9)18-7-8(5-12(18)19)13(20)17-10(6-16)14(21)22/h1-4,8,10H,5-7H2,(H,17,20)(H,21,22). The molecule has 1 aromatic rings. The minimum absolute atomic E-state index is 0.0737. The third kappa shape index (κ3) is 3.36. The molecule has 2 rings (SSSR count). The highest BCUT2D eigenvalue weighted by Gasteiger charge is 2.37. The first-order valence-electron chi connectivity index (χ1n) is 6.58. The summed E-state index contributed by atoms with van der Waals surface area (Å²) in [6, 6.07) is 5.11. The van der Waals surface area contributed by atoms with E-state index in [2.05, 4.69) is 5.32 Å². The van der Waals surface area contributed by atoms with E-state index in [1.165, 1.54) is 4.90 Å². The Kier molecular flexibility index (Phi) is 4.97. The summed E-state index contributed by atoms with van der Waals surface area (Å²) in [7, 11) is 0. The molecule has 8 heteroatoms. The number of anilines is 1. The summed E-state index contributed by atoms with van der Waals surface area (Å²) in [5.74, 6) is -3.14. The number of carboxylic acids is 1. The van der Waals surface area contributed by atoms with E-state index in [0.29, 0.717) is 10.7 Å². The van der Waals surface area contributed by atoms with Gasteiger partial charge in [-0.2, -0.15) is 0 Å². The van der Waals surface area contributed by atoms with Gasteiger partial charge in [0.05, 0.1) is 16.6 Å². The molecule has 1 fully saturated rings. The molecule has 0 spiro atoms. The van der Waals surface area contributed by atoms with Crippen LogP contribution in [-0.4, -0.2) is 42.2 Å².